The maximum Gasteiger partial charge on any atom is 0.397 e. The van der Waals surface area contributed by atoms with E-state index < -0.39 is 115 Å². The molecular formula is C58H113NO23S4. The Labute approximate surface area is 517 Å². The van der Waals surface area contributed by atoms with Gasteiger partial charge in [0.15, 0.2) is 0 Å². The smallest absolute Gasteiger partial charge is 0.397 e. The van der Waals surface area contributed by atoms with Gasteiger partial charge >= 0.3 is 47.6 Å². The summed E-state index contributed by atoms with van der Waals surface area (Å²) in [6, 6.07) is -2.26. The number of ether oxygens (including phenoxy) is 4. The summed E-state index contributed by atoms with van der Waals surface area (Å²) >= 11 is 0. The Hall–Kier alpha value is -1.74. The SMILES string of the molecule is CCCCCCCCCCCCCCCCCCCCCCOC[C@H](CO[C@]1(C(=O)O)C[C@H](OS(=O)(=O)O)[C@@H](NC(C)=O)[C@H]([C@H](OS(=O)(=O)O)[C@@H](COS(=O)(=O)O)OS(=O)(=O)O)O1)OCCCCCCCCCCCCCCCCCCCCCC. The number of amides is 1. The summed E-state index contributed by atoms with van der Waals surface area (Å²) < 4.78 is 177. The second-order valence-corrected chi connectivity index (χ2v) is 27.4. The van der Waals surface area contributed by atoms with Gasteiger partial charge in [-0.25, -0.2) is 21.5 Å². The first-order chi connectivity index (χ1) is 40.8. The van der Waals surface area contributed by atoms with E-state index in [-0.39, 0.29) is 13.2 Å². The topological polar surface area (TPSA) is 358 Å². The van der Waals surface area contributed by atoms with Gasteiger partial charge in [-0.2, -0.15) is 33.7 Å². The zero-order valence-corrected chi connectivity index (χ0v) is 55.5. The normalized spacial score (nSPS) is 18.9. The number of unbranched alkanes of at least 4 members (excludes halogenated alkanes) is 38. The first-order valence-corrected chi connectivity index (χ1v) is 37.9. The molecule has 7 atom stereocenters. The summed E-state index contributed by atoms with van der Waals surface area (Å²) in [6.45, 7) is 3.05. The fraction of sp³-hybridized carbons (Fsp3) is 0.966. The second-order valence-electron chi connectivity index (χ2n) is 23.2. The van der Waals surface area contributed by atoms with E-state index >= 15 is 0 Å². The lowest BCUT2D eigenvalue weighted by atomic mass is 9.88. The van der Waals surface area contributed by atoms with E-state index in [1.165, 1.54) is 186 Å². The van der Waals surface area contributed by atoms with E-state index in [4.69, 9.17) is 23.1 Å². The Bertz CT molecular complexity index is 2170. The fourth-order valence-corrected chi connectivity index (χ4v) is 12.6. The van der Waals surface area contributed by atoms with Crippen molar-refractivity contribution in [1.82, 2.24) is 5.32 Å². The maximum atomic E-state index is 13.4. The minimum Gasteiger partial charge on any atom is -0.477 e. The summed E-state index contributed by atoms with van der Waals surface area (Å²) in [7, 11) is -23.0. The van der Waals surface area contributed by atoms with Crippen molar-refractivity contribution in [3.8, 4) is 0 Å². The molecule has 0 unspecified atom stereocenters. The van der Waals surface area contributed by atoms with Crippen molar-refractivity contribution < 1.29 is 102 Å². The van der Waals surface area contributed by atoms with Crippen LogP contribution in [0.2, 0.25) is 0 Å². The molecule has 86 heavy (non-hydrogen) atoms. The summed E-state index contributed by atoms with van der Waals surface area (Å²) in [4.78, 5) is 25.9. The molecule has 512 valence electrons. The number of aliphatic carboxylic acids is 1. The van der Waals surface area contributed by atoms with Crippen molar-refractivity contribution in [1.29, 1.82) is 0 Å². The van der Waals surface area contributed by atoms with Crippen molar-refractivity contribution in [3.63, 3.8) is 0 Å². The van der Waals surface area contributed by atoms with Gasteiger partial charge in [-0.3, -0.25) is 23.0 Å². The number of carbonyl (C=O) groups excluding carboxylic acids is 1. The van der Waals surface area contributed by atoms with Crippen LogP contribution in [0.25, 0.3) is 0 Å². The van der Waals surface area contributed by atoms with Gasteiger partial charge in [-0.1, -0.05) is 258 Å². The largest absolute Gasteiger partial charge is 0.477 e. The minimum atomic E-state index is -5.93. The van der Waals surface area contributed by atoms with Gasteiger partial charge in [-0.15, -0.1) is 0 Å². The predicted molar refractivity (Wildman–Crippen MR) is 327 cm³/mol. The molecule has 1 aliphatic heterocycles. The number of rotatable bonds is 61. The predicted octanol–water partition coefficient (Wildman–Crippen LogP) is 12.5. The second kappa shape index (κ2) is 49.0. The van der Waals surface area contributed by atoms with Crippen LogP contribution in [0.3, 0.4) is 0 Å². The number of hydrogen-bond donors (Lipinski definition) is 6. The van der Waals surface area contributed by atoms with Crippen LogP contribution in [0.15, 0.2) is 0 Å². The Morgan fingerprint density at radius 3 is 1.17 bits per heavy atom. The van der Waals surface area contributed by atoms with Crippen molar-refractivity contribution in [2.45, 2.75) is 326 Å². The highest BCUT2D eigenvalue weighted by Gasteiger charge is 2.59. The van der Waals surface area contributed by atoms with E-state index in [9.17, 15) is 66.6 Å². The molecule has 0 aromatic rings. The molecule has 1 amide bonds. The third kappa shape index (κ3) is 46.3. The van der Waals surface area contributed by atoms with Gasteiger partial charge < -0.3 is 29.4 Å². The number of carbonyl (C=O) groups is 2. The molecule has 0 saturated carbocycles. The fourth-order valence-electron chi connectivity index (χ4n) is 10.8. The number of nitrogens with one attached hydrogen (secondary N) is 1. The quantitative estimate of drug-likeness (QED) is 0.0243. The molecule has 0 spiro atoms. The Balaban J connectivity index is 3.05. The zero-order chi connectivity index (χ0) is 64.0. The minimum absolute atomic E-state index is 0.158. The lowest BCUT2D eigenvalue weighted by molar-refractivity contribution is -0.312. The molecule has 0 aliphatic carbocycles. The van der Waals surface area contributed by atoms with Gasteiger partial charge in [0.1, 0.15) is 30.5 Å². The summed E-state index contributed by atoms with van der Waals surface area (Å²) in [5.74, 6) is -6.46. The van der Waals surface area contributed by atoms with Crippen molar-refractivity contribution in [2.75, 3.05) is 33.0 Å². The molecule has 0 bridgehead atoms. The highest BCUT2D eigenvalue weighted by atomic mass is 32.3. The van der Waals surface area contributed by atoms with Crippen LogP contribution in [0.5, 0.6) is 0 Å². The van der Waals surface area contributed by atoms with Gasteiger partial charge in [0.2, 0.25) is 5.91 Å². The maximum absolute atomic E-state index is 13.4. The summed E-state index contributed by atoms with van der Waals surface area (Å²) in [6.07, 6.45) is 35.0. The highest BCUT2D eigenvalue weighted by molar-refractivity contribution is 7.81. The molecule has 1 heterocycles. The van der Waals surface area contributed by atoms with Crippen LogP contribution < -0.4 is 5.32 Å². The van der Waals surface area contributed by atoms with Crippen LogP contribution in [0.1, 0.15) is 284 Å². The van der Waals surface area contributed by atoms with Gasteiger partial charge in [0.25, 0.3) is 5.79 Å². The monoisotopic (exact) mass is 1320 g/mol. The van der Waals surface area contributed by atoms with E-state index in [1.807, 2.05) is 0 Å². The standard InChI is InChI=1S/C58H113NO23S4/c1-4-6-8-10-12-14-16-18-20-22-24-26-28-30-32-34-36-38-40-42-44-75-47-51(76-45-43-41-39-37-35-33-31-29-27-25-23-21-19-17-15-13-11-9-7-5-2)48-77-58(57(61)62)46-52(80-84(66,67)68)54(59-50(3)60)56(79-58)55(82-86(72,73)74)53(81-85(69,70)71)49-78-83(63,64)65/h51-56H,4-49H2,1-3H3,(H,59,60)(H,61,62)(H,63,64,65)(H,66,67,68)(H,69,70,71)(H,72,73,74)/t51-,52+,53-,54-,55-,56-,58-/m1/s1. The van der Waals surface area contributed by atoms with Crippen LogP contribution in [-0.4, -0.2) is 144 Å². The summed E-state index contributed by atoms with van der Waals surface area (Å²) in [5, 5.41) is 12.9. The molecule has 1 saturated heterocycles. The molecule has 0 radical (unpaired) electrons. The highest BCUT2D eigenvalue weighted by Crippen LogP contribution is 2.38. The molecule has 0 aromatic heterocycles. The van der Waals surface area contributed by atoms with Gasteiger partial charge in [0, 0.05) is 26.6 Å². The number of carboxylic acid groups (broad SMARTS) is 1. The zero-order valence-electron chi connectivity index (χ0n) is 52.2. The molecule has 6 N–H and O–H groups in total. The molecule has 0 aromatic carbocycles. The van der Waals surface area contributed by atoms with Crippen molar-refractivity contribution in [3.05, 3.63) is 0 Å². The van der Waals surface area contributed by atoms with Gasteiger partial charge in [-0.05, 0) is 12.8 Å². The van der Waals surface area contributed by atoms with E-state index in [2.05, 4.69) is 31.7 Å². The molecule has 28 heteroatoms. The van der Waals surface area contributed by atoms with Crippen molar-refractivity contribution >= 4 is 53.5 Å². The average molecular weight is 1320 g/mol. The first-order valence-electron chi connectivity index (χ1n) is 32.4. The summed E-state index contributed by atoms with van der Waals surface area (Å²) in [5.41, 5.74) is 0. The van der Waals surface area contributed by atoms with Crippen LogP contribution in [0, 0.1) is 0 Å². The Kier molecular flexibility index (Phi) is 46.8. The number of hydrogen-bond acceptors (Lipinski definition) is 18. The third-order valence-corrected chi connectivity index (χ3v) is 17.2. The third-order valence-electron chi connectivity index (χ3n) is 15.3. The molecule has 1 aliphatic rings. The Morgan fingerprint density at radius 1 is 0.488 bits per heavy atom. The van der Waals surface area contributed by atoms with Crippen LogP contribution in [0.4, 0.5) is 0 Å². The van der Waals surface area contributed by atoms with Crippen LogP contribution in [-0.2, 0) is 86.9 Å². The Morgan fingerprint density at radius 2 is 0.849 bits per heavy atom. The van der Waals surface area contributed by atoms with E-state index in [0.29, 0.717) is 19.4 Å². The molecule has 1 rings (SSSR count). The van der Waals surface area contributed by atoms with E-state index in [1.54, 1.807) is 0 Å². The lowest BCUT2D eigenvalue weighted by Gasteiger charge is -2.48. The number of carboxylic acids is 1. The van der Waals surface area contributed by atoms with E-state index in [0.717, 1.165) is 64.7 Å². The molecular weight excluding hydrogens is 1210 g/mol. The first kappa shape index (κ1) is 82.3. The lowest BCUT2D eigenvalue weighted by Crippen LogP contribution is -2.69. The molecule has 1 fully saturated rings. The van der Waals surface area contributed by atoms with Crippen LogP contribution >= 0.6 is 0 Å². The molecule has 24 nitrogen and oxygen atoms in total. The van der Waals surface area contributed by atoms with Gasteiger partial charge in [0.05, 0.1) is 25.9 Å². The van der Waals surface area contributed by atoms with Crippen molar-refractivity contribution in [2.24, 2.45) is 0 Å². The average Bonchev–Trinajstić information content (AvgIpc) is 0.830.